The highest BCUT2D eigenvalue weighted by Gasteiger charge is 2.24. The van der Waals surface area contributed by atoms with Crippen molar-refractivity contribution >= 4 is 0 Å². The van der Waals surface area contributed by atoms with Gasteiger partial charge >= 0.3 is 0 Å². The first-order valence-electron chi connectivity index (χ1n) is 7.62. The third-order valence-electron chi connectivity index (χ3n) is 4.07. The van der Waals surface area contributed by atoms with Crippen LogP contribution in [0.5, 0.6) is 0 Å². The minimum Gasteiger partial charge on any atom is -0.377 e. The van der Waals surface area contributed by atoms with Gasteiger partial charge in [0.05, 0.1) is 6.10 Å². The summed E-state index contributed by atoms with van der Waals surface area (Å²) < 4.78 is 5.97. The topological polar surface area (TPSA) is 21.3 Å². The van der Waals surface area contributed by atoms with Crippen molar-refractivity contribution in [2.45, 2.75) is 58.6 Å². The van der Waals surface area contributed by atoms with Crippen LogP contribution in [-0.2, 0) is 11.2 Å². The molecule has 2 unspecified atom stereocenters. The lowest BCUT2D eigenvalue weighted by atomic mass is 9.93. The molecule has 1 aromatic carbocycles. The van der Waals surface area contributed by atoms with Crippen molar-refractivity contribution in [1.82, 2.24) is 5.32 Å². The molecule has 2 nitrogen and oxygen atoms in total. The minimum absolute atomic E-state index is 0.383. The van der Waals surface area contributed by atoms with E-state index in [1.54, 1.807) is 0 Å². The van der Waals surface area contributed by atoms with Crippen molar-refractivity contribution in [2.24, 2.45) is 0 Å². The molecule has 2 rings (SSSR count). The molecule has 0 saturated carbocycles. The fourth-order valence-electron chi connectivity index (χ4n) is 2.94. The number of aryl methyl sites for hydroxylation is 2. The van der Waals surface area contributed by atoms with Crippen molar-refractivity contribution in [1.29, 1.82) is 0 Å². The zero-order valence-electron chi connectivity index (χ0n) is 12.5. The maximum Gasteiger partial charge on any atom is 0.0731 e. The first kappa shape index (κ1) is 14.5. The molecule has 0 spiro atoms. The Morgan fingerprint density at radius 3 is 2.84 bits per heavy atom. The monoisotopic (exact) mass is 261 g/mol. The fourth-order valence-corrected chi connectivity index (χ4v) is 2.94. The Kier molecular flexibility index (Phi) is 5.41. The molecule has 1 aromatic rings. The predicted octanol–water partition coefficient (Wildman–Crippen LogP) is 3.39. The summed E-state index contributed by atoms with van der Waals surface area (Å²) >= 11 is 0. The van der Waals surface area contributed by atoms with Crippen molar-refractivity contribution in [3.8, 4) is 0 Å². The predicted molar refractivity (Wildman–Crippen MR) is 80.7 cm³/mol. The molecule has 1 N–H and O–H groups in total. The summed E-state index contributed by atoms with van der Waals surface area (Å²) in [6.07, 6.45) is 5.18. The zero-order chi connectivity index (χ0) is 13.7. The molecule has 2 atom stereocenters. The van der Waals surface area contributed by atoms with Crippen LogP contribution in [0.3, 0.4) is 0 Å². The number of hydrogen-bond donors (Lipinski definition) is 1. The summed E-state index contributed by atoms with van der Waals surface area (Å²) in [5.41, 5.74) is 4.20. The molecule has 0 aromatic heterocycles. The van der Waals surface area contributed by atoms with Crippen LogP contribution < -0.4 is 5.32 Å². The van der Waals surface area contributed by atoms with Crippen molar-refractivity contribution in [2.75, 3.05) is 13.2 Å². The molecule has 0 amide bonds. The molecule has 1 aliphatic heterocycles. The number of nitrogens with one attached hydrogen (secondary N) is 1. The van der Waals surface area contributed by atoms with Crippen LogP contribution in [-0.4, -0.2) is 25.3 Å². The van der Waals surface area contributed by atoms with Gasteiger partial charge in [-0.1, -0.05) is 30.7 Å². The lowest BCUT2D eigenvalue weighted by Gasteiger charge is -2.31. The molecule has 19 heavy (non-hydrogen) atoms. The Bertz CT molecular complexity index is 396. The highest BCUT2D eigenvalue weighted by molar-refractivity contribution is 5.31. The third-order valence-corrected chi connectivity index (χ3v) is 4.07. The SMILES string of the molecule is CCNC(Cc1cc(C)ccc1C)C1CCCCO1. The van der Waals surface area contributed by atoms with Crippen LogP contribution in [0.1, 0.15) is 42.9 Å². The van der Waals surface area contributed by atoms with Crippen LogP contribution in [0.4, 0.5) is 0 Å². The van der Waals surface area contributed by atoms with E-state index in [1.165, 1.54) is 36.0 Å². The number of rotatable bonds is 5. The molecule has 106 valence electrons. The second kappa shape index (κ2) is 7.06. The summed E-state index contributed by atoms with van der Waals surface area (Å²) in [6, 6.07) is 7.20. The van der Waals surface area contributed by atoms with Gasteiger partial charge < -0.3 is 10.1 Å². The lowest BCUT2D eigenvalue weighted by Crippen LogP contribution is -2.44. The molecular weight excluding hydrogens is 234 g/mol. The molecule has 1 aliphatic rings. The van der Waals surface area contributed by atoms with E-state index in [4.69, 9.17) is 4.74 Å². The van der Waals surface area contributed by atoms with E-state index in [-0.39, 0.29) is 0 Å². The van der Waals surface area contributed by atoms with Crippen LogP contribution in [0.15, 0.2) is 18.2 Å². The van der Waals surface area contributed by atoms with E-state index in [0.717, 1.165) is 19.6 Å². The van der Waals surface area contributed by atoms with E-state index in [0.29, 0.717) is 12.1 Å². The standard InChI is InChI=1S/C17H27NO/c1-4-18-16(17-7-5-6-10-19-17)12-15-11-13(2)8-9-14(15)3/h8-9,11,16-18H,4-7,10,12H2,1-3H3. The second-order valence-corrected chi connectivity index (χ2v) is 5.70. The molecular formula is C17H27NO. The molecule has 1 heterocycles. The normalized spacial score (nSPS) is 21.3. The van der Waals surface area contributed by atoms with Gasteiger partial charge in [-0.05, 0) is 57.2 Å². The van der Waals surface area contributed by atoms with Gasteiger partial charge in [-0.25, -0.2) is 0 Å². The summed E-state index contributed by atoms with van der Waals surface area (Å²) in [6.45, 7) is 8.50. The van der Waals surface area contributed by atoms with Gasteiger partial charge in [-0.2, -0.15) is 0 Å². The van der Waals surface area contributed by atoms with E-state index in [1.807, 2.05) is 0 Å². The number of likely N-dealkylation sites (N-methyl/N-ethyl adjacent to an activating group) is 1. The van der Waals surface area contributed by atoms with Gasteiger partial charge in [0.2, 0.25) is 0 Å². The van der Waals surface area contributed by atoms with Gasteiger partial charge in [0.25, 0.3) is 0 Å². The Morgan fingerprint density at radius 1 is 1.32 bits per heavy atom. The summed E-state index contributed by atoms with van der Waals surface area (Å²) in [4.78, 5) is 0. The largest absolute Gasteiger partial charge is 0.377 e. The van der Waals surface area contributed by atoms with Crippen LogP contribution >= 0.6 is 0 Å². The average Bonchev–Trinajstić information content (AvgIpc) is 2.43. The molecule has 1 saturated heterocycles. The van der Waals surface area contributed by atoms with E-state index >= 15 is 0 Å². The zero-order valence-corrected chi connectivity index (χ0v) is 12.5. The maximum absolute atomic E-state index is 5.97. The Morgan fingerprint density at radius 2 is 2.16 bits per heavy atom. The smallest absolute Gasteiger partial charge is 0.0731 e. The lowest BCUT2D eigenvalue weighted by molar-refractivity contribution is -0.00711. The van der Waals surface area contributed by atoms with Crippen molar-refractivity contribution in [3.05, 3.63) is 34.9 Å². The summed E-state index contributed by atoms with van der Waals surface area (Å²) in [5, 5.41) is 3.62. The first-order valence-corrected chi connectivity index (χ1v) is 7.62. The van der Waals surface area contributed by atoms with Crippen molar-refractivity contribution < 1.29 is 4.74 Å². The number of benzene rings is 1. The molecule has 2 heteroatoms. The van der Waals surface area contributed by atoms with Crippen molar-refractivity contribution in [3.63, 3.8) is 0 Å². The minimum atomic E-state index is 0.383. The maximum atomic E-state index is 5.97. The Balaban J connectivity index is 2.08. The Hall–Kier alpha value is -0.860. The van der Waals surface area contributed by atoms with Crippen LogP contribution in [0, 0.1) is 13.8 Å². The van der Waals surface area contributed by atoms with E-state index in [9.17, 15) is 0 Å². The fraction of sp³-hybridized carbons (Fsp3) is 0.647. The molecule has 0 radical (unpaired) electrons. The summed E-state index contributed by atoms with van der Waals surface area (Å²) in [7, 11) is 0. The number of ether oxygens (including phenoxy) is 1. The van der Waals surface area contributed by atoms with E-state index < -0.39 is 0 Å². The molecule has 0 aliphatic carbocycles. The summed E-state index contributed by atoms with van der Waals surface area (Å²) in [5.74, 6) is 0. The molecule has 0 bridgehead atoms. The van der Waals surface area contributed by atoms with Gasteiger partial charge in [0.15, 0.2) is 0 Å². The molecule has 1 fully saturated rings. The third kappa shape index (κ3) is 4.05. The van der Waals surface area contributed by atoms with Gasteiger partial charge in [-0.3, -0.25) is 0 Å². The number of hydrogen-bond acceptors (Lipinski definition) is 2. The van der Waals surface area contributed by atoms with E-state index in [2.05, 4.69) is 44.3 Å². The average molecular weight is 261 g/mol. The highest BCUT2D eigenvalue weighted by Crippen LogP contribution is 2.20. The van der Waals surface area contributed by atoms with Gasteiger partial charge in [0.1, 0.15) is 0 Å². The van der Waals surface area contributed by atoms with Crippen LogP contribution in [0.25, 0.3) is 0 Å². The first-order chi connectivity index (χ1) is 9.20. The highest BCUT2D eigenvalue weighted by atomic mass is 16.5. The quantitative estimate of drug-likeness (QED) is 0.877. The van der Waals surface area contributed by atoms with Gasteiger partial charge in [0, 0.05) is 12.6 Å². The van der Waals surface area contributed by atoms with Gasteiger partial charge in [-0.15, -0.1) is 0 Å². The Labute approximate surface area is 117 Å². The van der Waals surface area contributed by atoms with Crippen LogP contribution in [0.2, 0.25) is 0 Å². The second-order valence-electron chi connectivity index (χ2n) is 5.70.